The Labute approximate surface area is 126 Å². The molecule has 6 nitrogen and oxygen atoms in total. The number of aryl methyl sites for hydroxylation is 2. The Kier molecular flexibility index (Phi) is 4.99. The van der Waals surface area contributed by atoms with Crippen LogP contribution < -0.4 is 0 Å². The van der Waals surface area contributed by atoms with E-state index in [0.717, 1.165) is 16.1 Å². The average molecular weight is 314 g/mol. The van der Waals surface area contributed by atoms with Gasteiger partial charge in [0.15, 0.2) is 0 Å². The molecule has 0 saturated heterocycles. The first-order chi connectivity index (χ1) is 9.40. The molecular formula is C14H22N2O4S. The molecule has 0 aliphatic rings. The summed E-state index contributed by atoms with van der Waals surface area (Å²) in [4.78, 5) is 16.3. The summed E-state index contributed by atoms with van der Waals surface area (Å²) < 4.78 is 29.6. The first kappa shape index (κ1) is 17.4. The number of hydrogen-bond donors (Lipinski definition) is 0. The fourth-order valence-corrected chi connectivity index (χ4v) is 2.32. The van der Waals surface area contributed by atoms with Crippen molar-refractivity contribution in [1.29, 1.82) is 0 Å². The number of amides is 1. The van der Waals surface area contributed by atoms with E-state index >= 15 is 0 Å². The third-order valence-electron chi connectivity index (χ3n) is 2.64. The number of nitrogens with zero attached hydrogens (tertiary/aromatic N) is 2. The fourth-order valence-electron chi connectivity index (χ4n) is 1.64. The van der Waals surface area contributed by atoms with Gasteiger partial charge < -0.3 is 4.74 Å². The molecule has 1 aromatic heterocycles. The third-order valence-corrected chi connectivity index (χ3v) is 3.72. The number of hydrogen-bond acceptors (Lipinski definition) is 5. The van der Waals surface area contributed by atoms with Crippen LogP contribution in [0, 0.1) is 13.8 Å². The summed E-state index contributed by atoms with van der Waals surface area (Å²) in [6.07, 6.45) is 1.79. The van der Waals surface area contributed by atoms with Crippen molar-refractivity contribution in [3.05, 3.63) is 29.1 Å². The Morgan fingerprint density at radius 1 is 1.33 bits per heavy atom. The van der Waals surface area contributed by atoms with Crippen LogP contribution in [0.25, 0.3) is 0 Å². The van der Waals surface area contributed by atoms with E-state index in [1.165, 1.54) is 0 Å². The largest absolute Gasteiger partial charge is 0.443 e. The molecule has 0 aliphatic heterocycles. The summed E-state index contributed by atoms with van der Waals surface area (Å²) in [6.45, 7) is 8.59. The Balaban J connectivity index is 3.11. The van der Waals surface area contributed by atoms with E-state index in [4.69, 9.17) is 4.74 Å². The van der Waals surface area contributed by atoms with E-state index < -0.39 is 21.7 Å². The molecule has 118 valence electrons. The molecule has 0 radical (unpaired) electrons. The first-order valence-electron chi connectivity index (χ1n) is 6.53. The van der Waals surface area contributed by atoms with Crippen LogP contribution >= 0.6 is 0 Å². The smallest absolute Gasteiger partial charge is 0.424 e. The van der Waals surface area contributed by atoms with Crippen LogP contribution in [0.5, 0.6) is 0 Å². The predicted molar refractivity (Wildman–Crippen MR) is 80.3 cm³/mol. The summed E-state index contributed by atoms with van der Waals surface area (Å²) in [7, 11) is -3.73. The number of pyridine rings is 1. The predicted octanol–water partition coefficient (Wildman–Crippen LogP) is 2.40. The van der Waals surface area contributed by atoms with Crippen LogP contribution in [0.3, 0.4) is 0 Å². The van der Waals surface area contributed by atoms with Crippen LogP contribution in [0.2, 0.25) is 0 Å². The van der Waals surface area contributed by atoms with Crippen LogP contribution in [0.15, 0.2) is 12.3 Å². The van der Waals surface area contributed by atoms with Crippen molar-refractivity contribution < 1.29 is 17.9 Å². The number of aromatic nitrogens is 1. The number of carbonyl (C=O) groups is 1. The van der Waals surface area contributed by atoms with E-state index in [-0.39, 0.29) is 6.54 Å². The van der Waals surface area contributed by atoms with Crippen LogP contribution in [0.1, 0.15) is 37.6 Å². The van der Waals surface area contributed by atoms with E-state index in [2.05, 4.69) is 4.98 Å². The maximum atomic E-state index is 12.1. The second-order valence-electron chi connectivity index (χ2n) is 6.01. The van der Waals surface area contributed by atoms with Crippen molar-refractivity contribution in [2.75, 3.05) is 6.26 Å². The SMILES string of the molecule is Cc1cnc(C)c(CN(C(=O)OC(C)(C)C)S(C)(=O)=O)c1. The lowest BCUT2D eigenvalue weighted by atomic mass is 10.1. The van der Waals surface area contributed by atoms with E-state index in [1.54, 1.807) is 33.9 Å². The molecule has 21 heavy (non-hydrogen) atoms. The summed E-state index contributed by atoms with van der Waals surface area (Å²) in [5.41, 5.74) is 1.48. The molecule has 0 aliphatic carbocycles. The van der Waals surface area contributed by atoms with Crippen molar-refractivity contribution in [1.82, 2.24) is 9.29 Å². The summed E-state index contributed by atoms with van der Waals surface area (Å²) in [6, 6.07) is 1.81. The molecule has 0 fully saturated rings. The highest BCUT2D eigenvalue weighted by Gasteiger charge is 2.29. The van der Waals surface area contributed by atoms with Gasteiger partial charge in [0.25, 0.3) is 0 Å². The van der Waals surface area contributed by atoms with Crippen LogP contribution in [-0.4, -0.2) is 35.7 Å². The van der Waals surface area contributed by atoms with E-state index in [1.807, 2.05) is 13.0 Å². The summed E-state index contributed by atoms with van der Waals surface area (Å²) in [5.74, 6) is 0. The first-order valence-corrected chi connectivity index (χ1v) is 8.38. The van der Waals surface area contributed by atoms with Gasteiger partial charge in [0, 0.05) is 11.9 Å². The molecule has 0 unspecified atom stereocenters. The van der Waals surface area contributed by atoms with Crippen molar-refractivity contribution in [2.24, 2.45) is 0 Å². The maximum absolute atomic E-state index is 12.1. The molecule has 0 atom stereocenters. The highest BCUT2D eigenvalue weighted by Crippen LogP contribution is 2.17. The molecular weight excluding hydrogens is 292 g/mol. The zero-order chi connectivity index (χ0) is 16.4. The lowest BCUT2D eigenvalue weighted by molar-refractivity contribution is 0.0382. The van der Waals surface area contributed by atoms with Gasteiger partial charge in [-0.3, -0.25) is 4.98 Å². The summed E-state index contributed by atoms with van der Waals surface area (Å²) in [5, 5.41) is 0. The lowest BCUT2D eigenvalue weighted by Crippen LogP contribution is -2.40. The van der Waals surface area contributed by atoms with E-state index in [0.29, 0.717) is 11.3 Å². The molecule has 1 aromatic rings. The van der Waals surface area contributed by atoms with Crippen molar-refractivity contribution in [3.8, 4) is 0 Å². The van der Waals surface area contributed by atoms with Crippen molar-refractivity contribution in [3.63, 3.8) is 0 Å². The minimum atomic E-state index is -3.73. The Morgan fingerprint density at radius 3 is 2.38 bits per heavy atom. The van der Waals surface area contributed by atoms with Gasteiger partial charge in [-0.2, -0.15) is 0 Å². The minimum Gasteiger partial charge on any atom is -0.443 e. The van der Waals surface area contributed by atoms with Gasteiger partial charge in [-0.25, -0.2) is 17.5 Å². The molecule has 0 N–H and O–H groups in total. The quantitative estimate of drug-likeness (QED) is 0.856. The lowest BCUT2D eigenvalue weighted by Gasteiger charge is -2.26. The van der Waals surface area contributed by atoms with Crippen molar-refractivity contribution in [2.45, 2.75) is 46.8 Å². The highest BCUT2D eigenvalue weighted by atomic mass is 32.2. The standard InChI is InChI=1S/C14H22N2O4S/c1-10-7-12(11(2)15-8-10)9-16(21(6,18)19)13(17)20-14(3,4)5/h7-8H,9H2,1-6H3. The number of ether oxygens (including phenoxy) is 1. The second kappa shape index (κ2) is 6.01. The molecule has 0 spiro atoms. The molecule has 0 aromatic carbocycles. The van der Waals surface area contributed by atoms with Gasteiger partial charge in [-0.05, 0) is 45.7 Å². The Hall–Kier alpha value is -1.63. The highest BCUT2D eigenvalue weighted by molar-refractivity contribution is 7.88. The van der Waals surface area contributed by atoms with Gasteiger partial charge in [-0.15, -0.1) is 0 Å². The van der Waals surface area contributed by atoms with Crippen LogP contribution in [0.4, 0.5) is 4.79 Å². The maximum Gasteiger partial charge on any atom is 0.424 e. The Bertz CT molecular complexity index is 633. The van der Waals surface area contributed by atoms with Gasteiger partial charge in [0.1, 0.15) is 5.60 Å². The molecule has 0 bridgehead atoms. The number of rotatable bonds is 3. The number of sulfonamides is 1. The molecule has 1 amide bonds. The Morgan fingerprint density at radius 2 is 1.90 bits per heavy atom. The van der Waals surface area contributed by atoms with Gasteiger partial charge in [0.05, 0.1) is 12.8 Å². The van der Waals surface area contributed by atoms with E-state index in [9.17, 15) is 13.2 Å². The molecule has 1 rings (SSSR count). The topological polar surface area (TPSA) is 76.6 Å². The van der Waals surface area contributed by atoms with Gasteiger partial charge in [0.2, 0.25) is 10.0 Å². The summed E-state index contributed by atoms with van der Waals surface area (Å²) >= 11 is 0. The fraction of sp³-hybridized carbons (Fsp3) is 0.571. The monoisotopic (exact) mass is 314 g/mol. The minimum absolute atomic E-state index is 0.0890. The molecule has 0 saturated carbocycles. The zero-order valence-corrected chi connectivity index (χ0v) is 14.1. The third kappa shape index (κ3) is 5.34. The molecule has 7 heteroatoms. The van der Waals surface area contributed by atoms with Gasteiger partial charge in [-0.1, -0.05) is 6.07 Å². The average Bonchev–Trinajstić information content (AvgIpc) is 2.26. The zero-order valence-electron chi connectivity index (χ0n) is 13.3. The van der Waals surface area contributed by atoms with Crippen LogP contribution in [-0.2, 0) is 21.3 Å². The second-order valence-corrected chi connectivity index (χ2v) is 7.91. The number of carbonyl (C=O) groups excluding carboxylic acids is 1. The van der Waals surface area contributed by atoms with Crippen molar-refractivity contribution >= 4 is 16.1 Å². The van der Waals surface area contributed by atoms with Gasteiger partial charge >= 0.3 is 6.09 Å². The normalized spacial score (nSPS) is 12.1. The molecule has 1 heterocycles.